The predicted octanol–water partition coefficient (Wildman–Crippen LogP) is 1.40. The number of aromatic nitrogens is 2. The zero-order valence-electron chi connectivity index (χ0n) is 11.0. The Morgan fingerprint density at radius 1 is 1.26 bits per heavy atom. The molecule has 1 heterocycles. The minimum atomic E-state index is 0.225. The fourth-order valence-corrected chi connectivity index (χ4v) is 1.54. The molecule has 0 unspecified atom stereocenters. The van der Waals surface area contributed by atoms with E-state index < -0.39 is 0 Å². The van der Waals surface area contributed by atoms with Crippen LogP contribution in [-0.4, -0.2) is 36.4 Å². The summed E-state index contributed by atoms with van der Waals surface area (Å²) >= 11 is 0. The number of nitrogens with one attached hydrogen (secondary N) is 1. The minimum Gasteiger partial charge on any atom is -0.323 e. The molecule has 0 aliphatic rings. The van der Waals surface area contributed by atoms with Crippen LogP contribution in [0.1, 0.15) is 10.4 Å². The normalized spacial score (nSPS) is 9.37. The molecule has 0 atom stereocenters. The molecular formula is C14H17N3O2. The SMILES string of the molecule is CNC.O=CCn1cc(-c2ccccc2C=O)cn1. The van der Waals surface area contributed by atoms with Crippen LogP contribution in [0.15, 0.2) is 36.7 Å². The summed E-state index contributed by atoms with van der Waals surface area (Å²) < 4.78 is 1.53. The van der Waals surface area contributed by atoms with E-state index in [1.54, 1.807) is 18.5 Å². The van der Waals surface area contributed by atoms with Gasteiger partial charge in [0.25, 0.3) is 0 Å². The minimum absolute atomic E-state index is 0.225. The molecule has 1 N–H and O–H groups in total. The van der Waals surface area contributed by atoms with Gasteiger partial charge in [0.15, 0.2) is 6.29 Å². The second kappa shape index (κ2) is 7.94. The molecule has 5 nitrogen and oxygen atoms in total. The van der Waals surface area contributed by atoms with Gasteiger partial charge in [0, 0.05) is 17.3 Å². The lowest BCUT2D eigenvalue weighted by Crippen LogP contribution is -1.97. The van der Waals surface area contributed by atoms with Gasteiger partial charge in [0.1, 0.15) is 6.29 Å². The van der Waals surface area contributed by atoms with Crippen LogP contribution < -0.4 is 5.32 Å². The number of rotatable bonds is 4. The predicted molar refractivity (Wildman–Crippen MR) is 74.1 cm³/mol. The first-order valence-electron chi connectivity index (χ1n) is 5.86. The zero-order chi connectivity index (χ0) is 14.1. The molecule has 0 spiro atoms. The highest BCUT2D eigenvalue weighted by atomic mass is 16.1. The lowest BCUT2D eigenvalue weighted by atomic mass is 10.0. The summed E-state index contributed by atoms with van der Waals surface area (Å²) in [7, 11) is 3.75. The van der Waals surface area contributed by atoms with E-state index in [2.05, 4.69) is 10.4 Å². The monoisotopic (exact) mass is 259 g/mol. The molecule has 0 fully saturated rings. The first kappa shape index (κ1) is 14.8. The summed E-state index contributed by atoms with van der Waals surface area (Å²) in [5, 5.41) is 6.78. The molecule has 1 aromatic heterocycles. The van der Waals surface area contributed by atoms with Crippen molar-refractivity contribution in [3.05, 3.63) is 42.2 Å². The summed E-state index contributed by atoms with van der Waals surface area (Å²) in [6.45, 7) is 0.225. The van der Waals surface area contributed by atoms with E-state index in [0.29, 0.717) is 5.56 Å². The Kier molecular flexibility index (Phi) is 6.18. The topological polar surface area (TPSA) is 64.0 Å². The Bertz CT molecular complexity index is 535. The largest absolute Gasteiger partial charge is 0.323 e. The number of hydrogen-bond acceptors (Lipinski definition) is 4. The summed E-state index contributed by atoms with van der Waals surface area (Å²) in [4.78, 5) is 21.2. The Hall–Kier alpha value is -2.27. The van der Waals surface area contributed by atoms with Gasteiger partial charge in [0.05, 0.1) is 12.7 Å². The van der Waals surface area contributed by atoms with Crippen LogP contribution in [0, 0.1) is 0 Å². The number of hydrogen-bond donors (Lipinski definition) is 1. The molecule has 0 saturated heterocycles. The third kappa shape index (κ3) is 4.15. The first-order chi connectivity index (χ1) is 9.26. The van der Waals surface area contributed by atoms with Gasteiger partial charge in [-0.1, -0.05) is 24.3 Å². The van der Waals surface area contributed by atoms with Crippen molar-refractivity contribution in [2.75, 3.05) is 14.1 Å². The smallest absolute Gasteiger partial charge is 0.150 e. The van der Waals surface area contributed by atoms with E-state index in [4.69, 9.17) is 0 Å². The van der Waals surface area contributed by atoms with Gasteiger partial charge < -0.3 is 10.1 Å². The van der Waals surface area contributed by atoms with Crippen molar-refractivity contribution in [1.82, 2.24) is 15.1 Å². The van der Waals surface area contributed by atoms with Crippen molar-refractivity contribution >= 4 is 12.6 Å². The molecule has 2 rings (SSSR count). The maximum atomic E-state index is 10.8. The number of aldehydes is 2. The Morgan fingerprint density at radius 3 is 2.58 bits per heavy atom. The molecule has 2 aromatic rings. The fraction of sp³-hybridized carbons (Fsp3) is 0.214. The van der Waals surface area contributed by atoms with Crippen LogP contribution in [-0.2, 0) is 11.3 Å². The van der Waals surface area contributed by atoms with Gasteiger partial charge in [-0.2, -0.15) is 5.10 Å². The summed E-state index contributed by atoms with van der Waals surface area (Å²) in [6, 6.07) is 7.27. The zero-order valence-corrected chi connectivity index (χ0v) is 11.0. The Morgan fingerprint density at radius 2 is 1.95 bits per heavy atom. The molecule has 0 aliphatic carbocycles. The van der Waals surface area contributed by atoms with Crippen LogP contribution in [0.5, 0.6) is 0 Å². The molecule has 19 heavy (non-hydrogen) atoms. The molecule has 5 heteroatoms. The molecule has 0 bridgehead atoms. The fourth-order valence-electron chi connectivity index (χ4n) is 1.54. The second-order valence-corrected chi connectivity index (χ2v) is 3.82. The lowest BCUT2D eigenvalue weighted by Gasteiger charge is -1.99. The average Bonchev–Trinajstić information content (AvgIpc) is 2.88. The van der Waals surface area contributed by atoms with E-state index in [9.17, 15) is 9.59 Å². The van der Waals surface area contributed by atoms with E-state index in [0.717, 1.165) is 23.7 Å². The molecule has 0 radical (unpaired) electrons. The third-order valence-corrected chi connectivity index (χ3v) is 2.29. The van der Waals surface area contributed by atoms with Crippen molar-refractivity contribution in [2.24, 2.45) is 0 Å². The molecular weight excluding hydrogens is 242 g/mol. The van der Waals surface area contributed by atoms with Crippen molar-refractivity contribution in [3.8, 4) is 11.1 Å². The number of nitrogens with zero attached hydrogens (tertiary/aromatic N) is 2. The van der Waals surface area contributed by atoms with Crippen molar-refractivity contribution < 1.29 is 9.59 Å². The van der Waals surface area contributed by atoms with Gasteiger partial charge in [-0.05, 0) is 19.7 Å². The average molecular weight is 259 g/mol. The van der Waals surface area contributed by atoms with Crippen LogP contribution in [0.3, 0.4) is 0 Å². The van der Waals surface area contributed by atoms with Gasteiger partial charge in [-0.25, -0.2) is 0 Å². The van der Waals surface area contributed by atoms with Crippen LogP contribution in [0.25, 0.3) is 11.1 Å². The van der Waals surface area contributed by atoms with Crippen LogP contribution in [0.2, 0.25) is 0 Å². The van der Waals surface area contributed by atoms with Gasteiger partial charge in [-0.15, -0.1) is 0 Å². The first-order valence-corrected chi connectivity index (χ1v) is 5.86. The molecule has 0 saturated carbocycles. The molecule has 0 aliphatic heterocycles. The quantitative estimate of drug-likeness (QED) is 0.843. The van der Waals surface area contributed by atoms with Crippen LogP contribution >= 0.6 is 0 Å². The molecule has 1 aromatic carbocycles. The summed E-state index contributed by atoms with van der Waals surface area (Å²) in [5.74, 6) is 0. The van der Waals surface area contributed by atoms with Gasteiger partial charge in [-0.3, -0.25) is 9.48 Å². The van der Waals surface area contributed by atoms with E-state index in [-0.39, 0.29) is 6.54 Å². The number of carbonyl (C=O) groups excluding carboxylic acids is 2. The van der Waals surface area contributed by atoms with Crippen molar-refractivity contribution in [2.45, 2.75) is 6.54 Å². The molecule has 100 valence electrons. The molecule has 0 amide bonds. The van der Waals surface area contributed by atoms with Crippen LogP contribution in [0.4, 0.5) is 0 Å². The van der Waals surface area contributed by atoms with E-state index in [1.807, 2.05) is 32.3 Å². The standard InChI is InChI=1S/C12H10N2O2.C2H7N/c15-6-5-14-8-11(7-13-14)12-4-2-1-3-10(12)9-16;1-3-2/h1-4,6-9H,5H2;3H,1-2H3. The Balaban J connectivity index is 0.000000550. The van der Waals surface area contributed by atoms with E-state index in [1.165, 1.54) is 4.68 Å². The highest BCUT2D eigenvalue weighted by Gasteiger charge is 2.05. The summed E-state index contributed by atoms with van der Waals surface area (Å²) in [5.41, 5.74) is 2.28. The second-order valence-electron chi connectivity index (χ2n) is 3.82. The number of carbonyl (C=O) groups is 2. The third-order valence-electron chi connectivity index (χ3n) is 2.29. The van der Waals surface area contributed by atoms with E-state index >= 15 is 0 Å². The number of benzene rings is 1. The summed E-state index contributed by atoms with van der Waals surface area (Å²) in [6.07, 6.45) is 4.98. The van der Waals surface area contributed by atoms with Gasteiger partial charge in [0.2, 0.25) is 0 Å². The maximum Gasteiger partial charge on any atom is 0.150 e. The maximum absolute atomic E-state index is 10.8. The Labute approximate surface area is 112 Å². The highest BCUT2D eigenvalue weighted by molar-refractivity contribution is 5.87. The van der Waals surface area contributed by atoms with Gasteiger partial charge >= 0.3 is 0 Å². The lowest BCUT2D eigenvalue weighted by molar-refractivity contribution is -0.108. The van der Waals surface area contributed by atoms with Crippen molar-refractivity contribution in [3.63, 3.8) is 0 Å². The highest BCUT2D eigenvalue weighted by Crippen LogP contribution is 2.21. The van der Waals surface area contributed by atoms with Crippen molar-refractivity contribution in [1.29, 1.82) is 0 Å².